The molecule has 6 aliphatic heterocycles. The molecule has 21 nitrogen and oxygen atoms in total. The van der Waals surface area contributed by atoms with E-state index in [0.717, 1.165) is 105 Å². The SMILES string of the molecule is C=Cc1ccccc1F.C=Cc1ccccc1OC1c2ccccc2COC1CN(C)C.CCO.CCc1ccccc1OC1c2ccccc2COC1CN(C)C.CCc1ccccc1O[C@H]1c2ccccc2CO[C@@H]1CNC.CCc1ccccc1O[C@H]1c2ccccc2CO[C@H]1CNC.CN(C)CC1OCc2ccccc2C1O.CN1CCN(C)C1=O.NN. The zero-order chi connectivity index (χ0) is 91.6. The first-order valence-corrected chi connectivity index (χ1v) is 44.0. The van der Waals surface area contributed by atoms with E-state index >= 15 is 0 Å². The molecule has 0 aromatic heterocycles. The van der Waals surface area contributed by atoms with Crippen molar-refractivity contribution in [2.45, 2.75) is 141 Å². The van der Waals surface area contributed by atoms with Crippen molar-refractivity contribution in [1.29, 1.82) is 0 Å². The van der Waals surface area contributed by atoms with Crippen LogP contribution in [0.1, 0.15) is 142 Å². The molecule has 6 heterocycles. The number of nitrogens with zero attached hydrogens (tertiary/aromatic N) is 5. The van der Waals surface area contributed by atoms with Crippen LogP contribution in [0.15, 0.2) is 256 Å². The van der Waals surface area contributed by atoms with Crippen LogP contribution in [0, 0.1) is 5.82 Å². The molecule has 127 heavy (non-hydrogen) atoms. The average Bonchev–Trinajstić information content (AvgIpc) is 1.37. The summed E-state index contributed by atoms with van der Waals surface area (Å²) in [5.74, 6) is 11.5. The Labute approximate surface area is 754 Å². The maximum atomic E-state index is 12.5. The minimum atomic E-state index is -0.502. The van der Waals surface area contributed by atoms with Gasteiger partial charge in [-0.3, -0.25) is 11.7 Å². The zero-order valence-corrected chi connectivity index (χ0v) is 77.0. The number of amides is 2. The highest BCUT2D eigenvalue weighted by molar-refractivity contribution is 5.75. The highest BCUT2D eigenvalue weighted by Crippen LogP contribution is 2.41. The fraction of sp³-hybridized carbons (Fsp3) is 0.381. The Bertz CT molecular complexity index is 4780. The first-order valence-electron chi connectivity index (χ1n) is 44.0. The number of carbonyl (C=O) groups is 1. The van der Waals surface area contributed by atoms with Gasteiger partial charge in [0, 0.05) is 99.9 Å². The van der Waals surface area contributed by atoms with Crippen LogP contribution >= 0.6 is 0 Å². The number of rotatable bonds is 23. The number of benzene rings is 10. The van der Waals surface area contributed by atoms with Crippen LogP contribution in [0.2, 0.25) is 0 Å². The predicted octanol–water partition coefficient (Wildman–Crippen LogP) is 17.2. The Kier molecular flexibility index (Phi) is 43.8. The van der Waals surface area contributed by atoms with Crippen LogP contribution in [0.4, 0.5) is 9.18 Å². The Morgan fingerprint density at radius 1 is 0.402 bits per heavy atom. The molecule has 0 bridgehead atoms. The molecule has 10 aromatic carbocycles. The van der Waals surface area contributed by atoms with Gasteiger partial charge >= 0.3 is 6.03 Å². The van der Waals surface area contributed by atoms with Crippen LogP contribution in [-0.4, -0.2) is 194 Å². The molecule has 10 aromatic rings. The fourth-order valence-corrected chi connectivity index (χ4v) is 15.4. The second-order valence-electron chi connectivity index (χ2n) is 32.0. The van der Waals surface area contributed by atoms with Crippen molar-refractivity contribution in [2.24, 2.45) is 11.7 Å². The number of hydrogen-bond donors (Lipinski definition) is 6. The molecule has 1 saturated heterocycles. The van der Waals surface area contributed by atoms with Crippen molar-refractivity contribution in [3.05, 3.63) is 345 Å². The summed E-state index contributed by atoms with van der Waals surface area (Å²) < 4.78 is 68.0. The van der Waals surface area contributed by atoms with Crippen LogP contribution in [-0.2, 0) is 76.0 Å². The highest BCUT2D eigenvalue weighted by Gasteiger charge is 2.37. The van der Waals surface area contributed by atoms with E-state index < -0.39 is 6.10 Å². The summed E-state index contributed by atoms with van der Waals surface area (Å²) in [6, 6.07) is 80.9. The van der Waals surface area contributed by atoms with Gasteiger partial charge < -0.3 is 88.0 Å². The molecular formula is C105H138FN9O12. The lowest BCUT2D eigenvalue weighted by molar-refractivity contribution is -0.0720. The molecule has 2 amide bonds. The summed E-state index contributed by atoms with van der Waals surface area (Å²) in [5, 5.41) is 24.1. The van der Waals surface area contributed by atoms with Crippen molar-refractivity contribution >= 4 is 18.2 Å². The summed E-state index contributed by atoms with van der Waals surface area (Å²) >= 11 is 0. The normalized spacial score (nSPS) is 19.5. The highest BCUT2D eigenvalue weighted by atomic mass is 19.1. The molecule has 0 spiro atoms. The third-order valence-corrected chi connectivity index (χ3v) is 22.0. The molecule has 22 heteroatoms. The number of hydrazine groups is 1. The summed E-state index contributed by atoms with van der Waals surface area (Å²) in [5.41, 5.74) is 17.1. The molecule has 0 saturated carbocycles. The van der Waals surface area contributed by atoms with Gasteiger partial charge in [0.1, 0.15) is 65.4 Å². The Balaban J connectivity index is 0.000000186. The quantitative estimate of drug-likeness (QED) is 0.0258. The number of aryl methyl sites for hydroxylation is 3. The molecule has 6 unspecified atom stereocenters. The number of hydrogen-bond acceptors (Lipinski definition) is 19. The molecule has 16 rings (SSSR count). The lowest BCUT2D eigenvalue weighted by Crippen LogP contribution is -2.39. The maximum Gasteiger partial charge on any atom is 0.319 e. The number of fused-ring (bicyclic) bond motifs is 5. The zero-order valence-electron chi connectivity index (χ0n) is 77.0. The Hall–Kier alpha value is -10.5. The van der Waals surface area contributed by atoms with Crippen LogP contribution in [0.25, 0.3) is 12.2 Å². The molecule has 6 aliphatic rings. The smallest absolute Gasteiger partial charge is 0.319 e. The van der Waals surface area contributed by atoms with Gasteiger partial charge in [0.05, 0.1) is 33.0 Å². The molecule has 8 N–H and O–H groups in total. The van der Waals surface area contributed by atoms with Gasteiger partial charge in [-0.05, 0) is 163 Å². The summed E-state index contributed by atoms with van der Waals surface area (Å²) in [6.45, 7) is 24.6. The van der Waals surface area contributed by atoms with E-state index in [-0.39, 0.29) is 73.4 Å². The Morgan fingerprint density at radius 2 is 0.661 bits per heavy atom. The number of halogens is 1. The van der Waals surface area contributed by atoms with Crippen LogP contribution in [0.3, 0.4) is 0 Å². The minimum Gasteiger partial charge on any atom is -0.483 e. The second kappa shape index (κ2) is 54.6. The molecular weight excluding hydrogens is 1600 g/mol. The van der Waals surface area contributed by atoms with E-state index in [1.807, 2.05) is 138 Å². The first-order chi connectivity index (χ1) is 61.7. The topological polar surface area (TPSA) is 233 Å². The maximum absolute atomic E-state index is 12.5. The third kappa shape index (κ3) is 30.3. The molecule has 682 valence electrons. The number of urea groups is 1. The van der Waals surface area contributed by atoms with Crippen molar-refractivity contribution in [2.75, 3.05) is 123 Å². The number of para-hydroxylation sites is 4. The van der Waals surface area contributed by atoms with Gasteiger partial charge in [0.15, 0.2) is 24.4 Å². The summed E-state index contributed by atoms with van der Waals surface area (Å²) in [7, 11) is 19.7. The summed E-state index contributed by atoms with van der Waals surface area (Å²) in [4.78, 5) is 20.5. The van der Waals surface area contributed by atoms with Crippen LogP contribution in [0.5, 0.6) is 23.0 Å². The third-order valence-electron chi connectivity index (χ3n) is 22.0. The minimum absolute atomic E-state index is 0.00206. The van der Waals surface area contributed by atoms with Gasteiger partial charge in [0.2, 0.25) is 0 Å². The number of aliphatic hydroxyl groups excluding tert-OH is 2. The predicted molar refractivity (Wildman–Crippen MR) is 509 cm³/mol. The van der Waals surface area contributed by atoms with Gasteiger partial charge in [-0.1, -0.05) is 258 Å². The van der Waals surface area contributed by atoms with E-state index in [9.17, 15) is 14.3 Å². The number of ether oxygens (including phenoxy) is 9. The lowest BCUT2D eigenvalue weighted by Gasteiger charge is -2.35. The van der Waals surface area contributed by atoms with E-state index in [0.29, 0.717) is 38.6 Å². The number of nitrogens with one attached hydrogen (secondary N) is 2. The number of aliphatic hydroxyl groups is 2. The van der Waals surface area contributed by atoms with Gasteiger partial charge in [-0.2, -0.15) is 0 Å². The number of nitrogens with two attached hydrogens (primary N) is 2. The van der Waals surface area contributed by atoms with Crippen molar-refractivity contribution in [1.82, 2.24) is 35.1 Å². The van der Waals surface area contributed by atoms with Gasteiger partial charge in [-0.25, -0.2) is 9.18 Å². The molecule has 1 fully saturated rings. The van der Waals surface area contributed by atoms with E-state index in [1.165, 1.54) is 73.3 Å². The molecule has 0 aliphatic carbocycles. The average molecular weight is 1740 g/mol. The lowest BCUT2D eigenvalue weighted by atomic mass is 9.95. The number of carbonyl (C=O) groups excluding carboxylic acids is 1. The van der Waals surface area contributed by atoms with Gasteiger partial charge in [-0.15, -0.1) is 0 Å². The Morgan fingerprint density at radius 3 is 0.969 bits per heavy atom. The fourth-order valence-electron chi connectivity index (χ4n) is 15.4. The van der Waals surface area contributed by atoms with Crippen molar-refractivity contribution in [3.8, 4) is 23.0 Å². The van der Waals surface area contributed by atoms with Crippen molar-refractivity contribution < 1.29 is 62.0 Å². The molecule has 10 atom stereocenters. The standard InChI is InChI=1S/C20H25NO2.C20H23NO2.2C19H23NO2.C12H17NO2.C8H7F.C5H10N2O.C2H6O.H4N2/c2*1-4-15-9-6-8-12-18(15)23-20-17-11-7-5-10-16(17)14-22-19(20)13-21(2)3;2*1-3-14-8-5-7-11-17(14)22-19-16-10-6-4-9-15(16)13-21-18(19)12-20-2;1-13(2)7-11-12(14)10-6-4-3-5-9(10)8-15-11;1-2-7-5-3-4-6-8(7)9;1-6-3-4-7(2)5(6)8;1-2-3;1-2/h5-12,19-20H,4,13-14H2,1-3H3;4-12,19-20H,1,13-14H2,2-3H3;2*4-11,18-20H,3,12-13H2,1-2H3;3-6,11-12,14H,7-8H2,1-2H3;2-6H,1H2;3-4H2,1-2H3;3H,2H2,1H3;1-2H2/t;;18-,19+;18-,19-;;;;;/m..10...../s1. The monoisotopic (exact) mass is 1740 g/mol. The van der Waals surface area contributed by atoms with Crippen LogP contribution < -0.4 is 41.3 Å². The van der Waals surface area contributed by atoms with E-state index in [4.69, 9.17) is 47.7 Å². The van der Waals surface area contributed by atoms with Crippen molar-refractivity contribution in [3.63, 3.8) is 0 Å². The largest absolute Gasteiger partial charge is 0.483 e. The van der Waals surface area contributed by atoms with E-state index in [1.54, 1.807) is 34.9 Å². The van der Waals surface area contributed by atoms with E-state index in [2.05, 4.69) is 228 Å². The van der Waals surface area contributed by atoms with Gasteiger partial charge in [0.25, 0.3) is 0 Å². The second-order valence-corrected chi connectivity index (χ2v) is 32.0. The first kappa shape index (κ1) is 102. The number of likely N-dealkylation sites (N-methyl/N-ethyl adjacent to an activating group) is 7. The molecule has 0 radical (unpaired) electrons. The summed E-state index contributed by atoms with van der Waals surface area (Å²) in [6.07, 6.45) is 5.30.